The van der Waals surface area contributed by atoms with E-state index >= 15 is 0 Å². The lowest BCUT2D eigenvalue weighted by Crippen LogP contribution is -2.30. The van der Waals surface area contributed by atoms with E-state index in [2.05, 4.69) is 6.07 Å². The molecule has 0 saturated carbocycles. The van der Waals surface area contributed by atoms with Gasteiger partial charge in [0.05, 0.1) is 17.0 Å². The fraction of sp³-hybridized carbons (Fsp3) is 0.385. The van der Waals surface area contributed by atoms with Gasteiger partial charge in [-0.15, -0.1) is 0 Å². The van der Waals surface area contributed by atoms with Crippen molar-refractivity contribution in [3.63, 3.8) is 0 Å². The number of halogens is 1. The monoisotopic (exact) mass is 280 g/mol. The van der Waals surface area contributed by atoms with Crippen LogP contribution in [0, 0.1) is 17.2 Å². The Kier molecular flexibility index (Phi) is 3.82. The van der Waals surface area contributed by atoms with Crippen LogP contribution < -0.4 is 9.47 Å². The van der Waals surface area contributed by atoms with Gasteiger partial charge in [-0.1, -0.05) is 11.6 Å². The Morgan fingerprint density at radius 3 is 3.00 bits per heavy atom. The number of rotatable bonds is 3. The Hall–Kier alpha value is -1.93. The minimum Gasteiger partial charge on any atom is -0.454 e. The predicted octanol–water partition coefficient (Wildman–Crippen LogP) is 2.30. The number of fused-ring (bicyclic) bond motifs is 1. The molecule has 19 heavy (non-hydrogen) atoms. The van der Waals surface area contributed by atoms with Crippen LogP contribution in [0.4, 0.5) is 0 Å². The Bertz CT molecular complexity index is 554. The zero-order chi connectivity index (χ0) is 14.0. The quantitative estimate of drug-likeness (QED) is 0.852. The van der Waals surface area contributed by atoms with Crippen LogP contribution in [0.5, 0.6) is 11.5 Å². The molecule has 0 unspecified atom stereocenters. The molecule has 1 amide bonds. The molecule has 0 radical (unpaired) electrons. The normalized spacial score (nSPS) is 13.8. The first-order valence-electron chi connectivity index (χ1n) is 5.77. The van der Waals surface area contributed by atoms with E-state index in [1.165, 1.54) is 4.90 Å². The lowest BCUT2D eigenvalue weighted by molar-refractivity contribution is 0.0784. The molecule has 0 spiro atoms. The fourth-order valence-electron chi connectivity index (χ4n) is 1.85. The van der Waals surface area contributed by atoms with Gasteiger partial charge in [-0.2, -0.15) is 5.26 Å². The number of benzene rings is 1. The summed E-state index contributed by atoms with van der Waals surface area (Å²) in [5.41, 5.74) is 0.418. The van der Waals surface area contributed by atoms with Crippen molar-refractivity contribution >= 4 is 17.5 Å². The van der Waals surface area contributed by atoms with Crippen molar-refractivity contribution in [2.45, 2.75) is 6.92 Å². The van der Waals surface area contributed by atoms with Gasteiger partial charge in [-0.3, -0.25) is 4.79 Å². The summed E-state index contributed by atoms with van der Waals surface area (Å²) in [5.74, 6) is 0.504. The predicted molar refractivity (Wildman–Crippen MR) is 69.3 cm³/mol. The van der Waals surface area contributed by atoms with Crippen LogP contribution >= 0.6 is 11.6 Å². The fourth-order valence-corrected chi connectivity index (χ4v) is 2.11. The summed E-state index contributed by atoms with van der Waals surface area (Å²) < 4.78 is 10.4. The number of amides is 1. The number of carbonyl (C=O) groups is 1. The average Bonchev–Trinajstić information content (AvgIpc) is 2.86. The molecule has 5 nitrogen and oxygen atoms in total. The molecule has 0 aromatic heterocycles. The second-order valence-corrected chi connectivity index (χ2v) is 4.81. The van der Waals surface area contributed by atoms with Gasteiger partial charge in [0.15, 0.2) is 11.5 Å². The minimum absolute atomic E-state index is 0.105. The van der Waals surface area contributed by atoms with Crippen LogP contribution in [-0.4, -0.2) is 31.2 Å². The van der Waals surface area contributed by atoms with Gasteiger partial charge in [-0.25, -0.2) is 0 Å². The molecule has 1 aromatic rings. The van der Waals surface area contributed by atoms with Crippen LogP contribution in [0.2, 0.25) is 5.02 Å². The van der Waals surface area contributed by atoms with E-state index in [9.17, 15) is 4.79 Å². The van der Waals surface area contributed by atoms with Crippen molar-refractivity contribution in [1.29, 1.82) is 5.26 Å². The summed E-state index contributed by atoms with van der Waals surface area (Å²) in [4.78, 5) is 13.7. The van der Waals surface area contributed by atoms with Crippen LogP contribution in [0.25, 0.3) is 0 Å². The number of hydrogen-bond donors (Lipinski definition) is 0. The summed E-state index contributed by atoms with van der Waals surface area (Å²) in [6, 6.07) is 5.24. The highest BCUT2D eigenvalue weighted by molar-refractivity contribution is 6.32. The Balaban J connectivity index is 2.21. The lowest BCUT2D eigenvalue weighted by Gasteiger charge is -2.18. The maximum Gasteiger partial charge on any atom is 0.253 e. The highest BCUT2D eigenvalue weighted by Gasteiger charge is 2.22. The summed E-state index contributed by atoms with van der Waals surface area (Å²) >= 11 is 6.03. The van der Waals surface area contributed by atoms with Crippen molar-refractivity contribution in [3.05, 3.63) is 22.7 Å². The Morgan fingerprint density at radius 2 is 2.32 bits per heavy atom. The largest absolute Gasteiger partial charge is 0.454 e. The first-order chi connectivity index (χ1) is 9.02. The van der Waals surface area contributed by atoms with Gasteiger partial charge in [-0.05, 0) is 19.1 Å². The molecular formula is C13H13ClN2O3. The number of nitriles is 1. The van der Waals surface area contributed by atoms with Gasteiger partial charge in [0.2, 0.25) is 6.79 Å². The van der Waals surface area contributed by atoms with E-state index in [1.54, 1.807) is 26.1 Å². The number of nitrogens with zero attached hydrogens (tertiary/aromatic N) is 2. The molecule has 6 heteroatoms. The van der Waals surface area contributed by atoms with E-state index in [1.807, 2.05) is 0 Å². The van der Waals surface area contributed by atoms with Gasteiger partial charge in [0, 0.05) is 19.2 Å². The summed E-state index contributed by atoms with van der Waals surface area (Å²) in [6.45, 7) is 2.23. The summed E-state index contributed by atoms with van der Waals surface area (Å²) in [5, 5.41) is 9.11. The molecule has 1 atom stereocenters. The van der Waals surface area contributed by atoms with Crippen molar-refractivity contribution in [2.24, 2.45) is 5.92 Å². The molecule has 1 aliphatic rings. The van der Waals surface area contributed by atoms with Gasteiger partial charge in [0.25, 0.3) is 5.91 Å². The Morgan fingerprint density at radius 1 is 1.58 bits per heavy atom. The number of carbonyl (C=O) groups excluding carboxylic acids is 1. The SMILES string of the molecule is C[C@@H](C#N)CN(C)C(=O)c1cc(Cl)c2c(c1)OCO2. The van der Waals surface area contributed by atoms with Gasteiger partial charge >= 0.3 is 0 Å². The highest BCUT2D eigenvalue weighted by Crippen LogP contribution is 2.39. The van der Waals surface area contributed by atoms with E-state index in [4.69, 9.17) is 26.3 Å². The summed E-state index contributed by atoms with van der Waals surface area (Å²) in [6.07, 6.45) is 0. The molecule has 100 valence electrons. The minimum atomic E-state index is -0.224. The van der Waals surface area contributed by atoms with Gasteiger partial charge < -0.3 is 14.4 Å². The standard InChI is InChI=1S/C13H13ClN2O3/c1-8(5-15)6-16(2)13(17)9-3-10(14)12-11(4-9)18-7-19-12/h3-4,8H,6-7H2,1-2H3/t8-/m0/s1. The van der Waals surface area contributed by atoms with E-state index in [0.717, 1.165) is 0 Å². The smallest absolute Gasteiger partial charge is 0.253 e. The zero-order valence-electron chi connectivity index (χ0n) is 10.6. The molecule has 1 aromatic carbocycles. The third kappa shape index (κ3) is 2.74. The van der Waals surface area contributed by atoms with Crippen LogP contribution in [0.1, 0.15) is 17.3 Å². The van der Waals surface area contributed by atoms with Crippen molar-refractivity contribution in [1.82, 2.24) is 4.90 Å². The molecule has 0 fully saturated rings. The van der Waals surface area contributed by atoms with Gasteiger partial charge in [0.1, 0.15) is 0 Å². The molecule has 0 bridgehead atoms. The van der Waals surface area contributed by atoms with E-state index < -0.39 is 0 Å². The van der Waals surface area contributed by atoms with Crippen molar-refractivity contribution in [3.8, 4) is 17.6 Å². The first-order valence-corrected chi connectivity index (χ1v) is 6.15. The summed E-state index contributed by atoms with van der Waals surface area (Å²) in [7, 11) is 1.65. The molecule has 0 aliphatic carbocycles. The molecular weight excluding hydrogens is 268 g/mol. The van der Waals surface area contributed by atoms with Crippen LogP contribution in [-0.2, 0) is 0 Å². The van der Waals surface area contributed by atoms with Crippen LogP contribution in [0.15, 0.2) is 12.1 Å². The molecule has 2 rings (SSSR count). The average molecular weight is 281 g/mol. The number of hydrogen-bond acceptors (Lipinski definition) is 4. The van der Waals surface area contributed by atoms with Crippen molar-refractivity contribution < 1.29 is 14.3 Å². The first kappa shape index (κ1) is 13.5. The molecule has 1 aliphatic heterocycles. The molecule has 1 heterocycles. The van der Waals surface area contributed by atoms with Crippen LogP contribution in [0.3, 0.4) is 0 Å². The third-order valence-electron chi connectivity index (χ3n) is 2.79. The molecule has 0 saturated heterocycles. The van der Waals surface area contributed by atoms with Crippen molar-refractivity contribution in [2.75, 3.05) is 20.4 Å². The highest BCUT2D eigenvalue weighted by atomic mass is 35.5. The van der Waals surface area contributed by atoms with E-state index in [0.29, 0.717) is 28.6 Å². The maximum absolute atomic E-state index is 12.2. The third-order valence-corrected chi connectivity index (χ3v) is 3.07. The maximum atomic E-state index is 12.2. The molecule has 0 N–H and O–H groups in total. The zero-order valence-corrected chi connectivity index (χ0v) is 11.4. The second-order valence-electron chi connectivity index (χ2n) is 4.41. The Labute approximate surface area is 116 Å². The second kappa shape index (κ2) is 5.37. The lowest BCUT2D eigenvalue weighted by atomic mass is 10.1. The van der Waals surface area contributed by atoms with E-state index in [-0.39, 0.29) is 18.6 Å². The topological polar surface area (TPSA) is 62.6 Å². The number of ether oxygens (including phenoxy) is 2.